The summed E-state index contributed by atoms with van der Waals surface area (Å²) < 4.78 is 7.25. The van der Waals surface area contributed by atoms with Crippen LogP contribution in [0.15, 0.2) is 53.6 Å². The molecular formula is C17H22N4O. The van der Waals surface area contributed by atoms with Crippen molar-refractivity contribution in [1.29, 1.82) is 0 Å². The predicted molar refractivity (Wildman–Crippen MR) is 87.1 cm³/mol. The molecule has 5 nitrogen and oxygen atoms in total. The van der Waals surface area contributed by atoms with Crippen molar-refractivity contribution in [2.45, 2.75) is 33.6 Å². The molecule has 0 saturated heterocycles. The highest BCUT2D eigenvalue weighted by Gasteiger charge is 2.08. The Kier molecular flexibility index (Phi) is 5.89. The standard InChI is InChI=1S/C17H22N4O/c1-14(2)8-7-9-15(3)12-13-22-17-18-19-20-21(17)16-10-5-4-6-11-16/h4-6,8,10-12H,7,9,13H2,1-3H3/b15-12+. The molecule has 1 aromatic carbocycles. The summed E-state index contributed by atoms with van der Waals surface area (Å²) in [5.74, 6) is 0. The molecule has 2 rings (SSSR count). The molecule has 0 atom stereocenters. The molecule has 0 unspecified atom stereocenters. The first-order valence-electron chi connectivity index (χ1n) is 7.42. The minimum atomic E-state index is 0.402. The number of nitrogens with zero attached hydrogens (tertiary/aromatic N) is 4. The number of allylic oxidation sites excluding steroid dienone is 3. The lowest BCUT2D eigenvalue weighted by Gasteiger charge is -2.05. The van der Waals surface area contributed by atoms with E-state index in [0.29, 0.717) is 12.6 Å². The summed E-state index contributed by atoms with van der Waals surface area (Å²) in [6, 6.07) is 10.1. The Balaban J connectivity index is 1.90. The minimum absolute atomic E-state index is 0.402. The van der Waals surface area contributed by atoms with Gasteiger partial charge in [0.2, 0.25) is 0 Å². The third-order valence-corrected chi connectivity index (χ3v) is 3.18. The fourth-order valence-electron chi connectivity index (χ4n) is 1.95. The first-order chi connectivity index (χ1) is 10.7. The number of hydrogen-bond donors (Lipinski definition) is 0. The molecule has 0 bridgehead atoms. The number of ether oxygens (including phenoxy) is 1. The Morgan fingerprint density at radius 3 is 2.64 bits per heavy atom. The van der Waals surface area contributed by atoms with Crippen molar-refractivity contribution < 1.29 is 4.74 Å². The lowest BCUT2D eigenvalue weighted by Crippen LogP contribution is -2.04. The van der Waals surface area contributed by atoms with Crippen LogP contribution >= 0.6 is 0 Å². The van der Waals surface area contributed by atoms with Gasteiger partial charge in [0.25, 0.3) is 0 Å². The highest BCUT2D eigenvalue weighted by Crippen LogP contribution is 2.13. The van der Waals surface area contributed by atoms with Gasteiger partial charge in [-0.2, -0.15) is 4.68 Å². The van der Waals surface area contributed by atoms with Gasteiger partial charge in [-0.1, -0.05) is 40.5 Å². The number of para-hydroxylation sites is 1. The van der Waals surface area contributed by atoms with E-state index in [9.17, 15) is 0 Å². The van der Waals surface area contributed by atoms with Crippen LogP contribution < -0.4 is 4.74 Å². The van der Waals surface area contributed by atoms with Gasteiger partial charge in [-0.3, -0.25) is 0 Å². The van der Waals surface area contributed by atoms with E-state index in [1.165, 1.54) is 11.1 Å². The number of hydrogen-bond acceptors (Lipinski definition) is 4. The lowest BCUT2D eigenvalue weighted by molar-refractivity contribution is 0.322. The molecule has 0 radical (unpaired) electrons. The monoisotopic (exact) mass is 298 g/mol. The summed E-state index contributed by atoms with van der Waals surface area (Å²) in [5.41, 5.74) is 3.54. The van der Waals surface area contributed by atoms with Crippen molar-refractivity contribution in [3.63, 3.8) is 0 Å². The van der Waals surface area contributed by atoms with E-state index in [4.69, 9.17) is 4.74 Å². The molecule has 0 spiro atoms. The van der Waals surface area contributed by atoms with Gasteiger partial charge in [-0.05, 0) is 62.2 Å². The second-order valence-electron chi connectivity index (χ2n) is 5.39. The number of tetrazole rings is 1. The van der Waals surface area contributed by atoms with Crippen LogP contribution in [0.5, 0.6) is 6.01 Å². The van der Waals surface area contributed by atoms with E-state index in [1.54, 1.807) is 4.68 Å². The molecule has 2 aromatic rings. The molecule has 116 valence electrons. The summed E-state index contributed by atoms with van der Waals surface area (Å²) in [4.78, 5) is 0. The minimum Gasteiger partial charge on any atom is -0.458 e. The Bertz CT molecular complexity index is 640. The Hall–Kier alpha value is -2.43. The average Bonchev–Trinajstić information content (AvgIpc) is 2.96. The maximum Gasteiger partial charge on any atom is 0.340 e. The summed E-state index contributed by atoms with van der Waals surface area (Å²) in [6.45, 7) is 6.81. The molecule has 1 heterocycles. The zero-order valence-corrected chi connectivity index (χ0v) is 13.4. The topological polar surface area (TPSA) is 52.8 Å². The molecule has 0 aliphatic heterocycles. The van der Waals surface area contributed by atoms with Crippen LogP contribution in [-0.2, 0) is 0 Å². The zero-order chi connectivity index (χ0) is 15.8. The van der Waals surface area contributed by atoms with Crippen molar-refractivity contribution in [2.75, 3.05) is 6.61 Å². The van der Waals surface area contributed by atoms with E-state index < -0.39 is 0 Å². The molecule has 5 heteroatoms. The lowest BCUT2D eigenvalue weighted by atomic mass is 10.1. The fraction of sp³-hybridized carbons (Fsp3) is 0.353. The second kappa shape index (κ2) is 8.12. The van der Waals surface area contributed by atoms with Crippen LogP contribution in [0.25, 0.3) is 5.69 Å². The van der Waals surface area contributed by atoms with Crippen molar-refractivity contribution in [1.82, 2.24) is 20.2 Å². The van der Waals surface area contributed by atoms with Gasteiger partial charge < -0.3 is 4.74 Å². The van der Waals surface area contributed by atoms with Gasteiger partial charge in [0, 0.05) is 0 Å². The summed E-state index contributed by atoms with van der Waals surface area (Å²) in [7, 11) is 0. The smallest absolute Gasteiger partial charge is 0.340 e. The van der Waals surface area contributed by atoms with Crippen molar-refractivity contribution in [3.8, 4) is 11.7 Å². The Morgan fingerprint density at radius 2 is 1.91 bits per heavy atom. The van der Waals surface area contributed by atoms with Gasteiger partial charge in [0.05, 0.1) is 5.69 Å². The molecule has 0 amide bonds. The molecule has 0 saturated carbocycles. The normalized spacial score (nSPS) is 11.3. The molecule has 22 heavy (non-hydrogen) atoms. The van der Waals surface area contributed by atoms with E-state index in [-0.39, 0.29) is 0 Å². The summed E-state index contributed by atoms with van der Waals surface area (Å²) in [6.07, 6.45) is 6.42. The third-order valence-electron chi connectivity index (χ3n) is 3.18. The van der Waals surface area contributed by atoms with Gasteiger partial charge in [-0.25, -0.2) is 0 Å². The molecule has 0 aliphatic carbocycles. The van der Waals surface area contributed by atoms with Crippen LogP contribution in [0, 0.1) is 0 Å². The van der Waals surface area contributed by atoms with Crippen LogP contribution in [0.1, 0.15) is 33.6 Å². The van der Waals surface area contributed by atoms with Crippen LogP contribution in [0.4, 0.5) is 0 Å². The summed E-state index contributed by atoms with van der Waals surface area (Å²) >= 11 is 0. The van der Waals surface area contributed by atoms with Crippen molar-refractivity contribution >= 4 is 0 Å². The van der Waals surface area contributed by atoms with Crippen LogP contribution in [-0.4, -0.2) is 26.8 Å². The molecule has 1 aromatic heterocycles. The summed E-state index contributed by atoms with van der Waals surface area (Å²) in [5, 5.41) is 11.5. The maximum absolute atomic E-state index is 5.66. The van der Waals surface area contributed by atoms with Gasteiger partial charge in [-0.15, -0.1) is 0 Å². The van der Waals surface area contributed by atoms with E-state index in [1.807, 2.05) is 30.3 Å². The molecule has 0 aliphatic rings. The highest BCUT2D eigenvalue weighted by atomic mass is 16.5. The average molecular weight is 298 g/mol. The maximum atomic E-state index is 5.66. The number of benzene rings is 1. The van der Waals surface area contributed by atoms with Crippen molar-refractivity contribution in [3.05, 3.63) is 53.6 Å². The van der Waals surface area contributed by atoms with Crippen LogP contribution in [0.2, 0.25) is 0 Å². The third kappa shape index (κ3) is 4.84. The molecular weight excluding hydrogens is 276 g/mol. The first-order valence-corrected chi connectivity index (χ1v) is 7.42. The van der Waals surface area contributed by atoms with Crippen LogP contribution in [0.3, 0.4) is 0 Å². The Labute approximate surface area is 131 Å². The number of aromatic nitrogens is 4. The van der Waals surface area contributed by atoms with Gasteiger partial charge >= 0.3 is 6.01 Å². The highest BCUT2D eigenvalue weighted by molar-refractivity contribution is 5.31. The largest absolute Gasteiger partial charge is 0.458 e. The van der Waals surface area contributed by atoms with E-state index in [2.05, 4.69) is 48.4 Å². The first kappa shape index (κ1) is 15.9. The second-order valence-corrected chi connectivity index (χ2v) is 5.39. The van der Waals surface area contributed by atoms with Crippen molar-refractivity contribution in [2.24, 2.45) is 0 Å². The van der Waals surface area contributed by atoms with E-state index >= 15 is 0 Å². The zero-order valence-electron chi connectivity index (χ0n) is 13.4. The van der Waals surface area contributed by atoms with Gasteiger partial charge in [0.15, 0.2) is 0 Å². The molecule has 0 N–H and O–H groups in total. The Morgan fingerprint density at radius 1 is 1.14 bits per heavy atom. The quantitative estimate of drug-likeness (QED) is 0.731. The predicted octanol–water partition coefficient (Wildman–Crippen LogP) is 3.73. The SMILES string of the molecule is CC(C)=CCC/C(C)=C/COc1nnnn1-c1ccccc1. The number of rotatable bonds is 7. The van der Waals surface area contributed by atoms with E-state index in [0.717, 1.165) is 18.5 Å². The fourth-order valence-corrected chi connectivity index (χ4v) is 1.95. The molecule has 0 fully saturated rings. The van der Waals surface area contributed by atoms with Gasteiger partial charge in [0.1, 0.15) is 6.61 Å².